The molecule has 0 aliphatic carbocycles. The van der Waals surface area contributed by atoms with Crippen LogP contribution in [0.5, 0.6) is 0 Å². The minimum Gasteiger partial charge on any atom is -0.329 e. The molecule has 6 nitrogen and oxygen atoms in total. The van der Waals surface area contributed by atoms with Crippen molar-refractivity contribution in [1.82, 2.24) is 15.0 Å². The van der Waals surface area contributed by atoms with Gasteiger partial charge in [0.05, 0.1) is 16.6 Å². The minimum atomic E-state index is -4.17. The number of thiophene rings is 1. The van der Waals surface area contributed by atoms with Gasteiger partial charge in [0.15, 0.2) is 0 Å². The number of aryl methyl sites for hydroxylation is 3. The first-order valence-electron chi connectivity index (χ1n) is 11.4. The van der Waals surface area contributed by atoms with Crippen molar-refractivity contribution in [3.05, 3.63) is 105 Å². The van der Waals surface area contributed by atoms with Gasteiger partial charge in [0, 0.05) is 27.6 Å². The molecule has 0 bridgehead atoms. The number of pyridine rings is 1. The standard InChI is InChI=1S/C27H25F2N3O3S2/c1-16-7-4-5-9-25(16)37(34,35)32-27(33)31-24(14-19-12-20(28)15-21(29)13-19)26-22(8-6-10-30-26)23-11-17(2)36-18(23)3/h4-13,15,24H,14H2,1-3H3,(H2,31,32,33). The molecule has 4 rings (SSSR count). The average Bonchev–Trinajstić information content (AvgIpc) is 3.15. The van der Waals surface area contributed by atoms with Crippen LogP contribution in [0.1, 0.15) is 32.6 Å². The number of carbonyl (C=O) groups is 1. The Morgan fingerprint density at radius 3 is 2.32 bits per heavy atom. The van der Waals surface area contributed by atoms with E-state index in [1.165, 1.54) is 18.2 Å². The first kappa shape index (κ1) is 26.4. The predicted molar refractivity (Wildman–Crippen MR) is 140 cm³/mol. The number of aromatic nitrogens is 1. The Bertz CT molecular complexity index is 1550. The molecule has 4 aromatic rings. The molecule has 0 saturated heterocycles. The normalized spacial score (nSPS) is 12.2. The summed E-state index contributed by atoms with van der Waals surface area (Å²) >= 11 is 1.61. The van der Waals surface area contributed by atoms with E-state index in [0.717, 1.165) is 26.9 Å². The molecule has 2 aromatic carbocycles. The van der Waals surface area contributed by atoms with Crippen molar-refractivity contribution in [3.8, 4) is 11.1 Å². The number of nitrogens with one attached hydrogen (secondary N) is 2. The number of sulfonamides is 1. The lowest BCUT2D eigenvalue weighted by molar-refractivity contribution is 0.242. The van der Waals surface area contributed by atoms with Crippen LogP contribution in [0.2, 0.25) is 0 Å². The van der Waals surface area contributed by atoms with Crippen LogP contribution in [-0.4, -0.2) is 19.4 Å². The van der Waals surface area contributed by atoms with Gasteiger partial charge in [-0.05, 0) is 74.2 Å². The summed E-state index contributed by atoms with van der Waals surface area (Å²) in [6.45, 7) is 5.57. The number of carbonyl (C=O) groups excluding carboxylic acids is 1. The molecule has 1 atom stereocenters. The second-order valence-corrected chi connectivity index (χ2v) is 11.8. The van der Waals surface area contributed by atoms with Gasteiger partial charge in [0.1, 0.15) is 11.6 Å². The van der Waals surface area contributed by atoms with Crippen LogP contribution in [0.25, 0.3) is 11.1 Å². The molecule has 0 saturated carbocycles. The lowest BCUT2D eigenvalue weighted by Crippen LogP contribution is -2.42. The molecular weight excluding hydrogens is 516 g/mol. The van der Waals surface area contributed by atoms with Gasteiger partial charge in [-0.3, -0.25) is 4.98 Å². The third-order valence-corrected chi connectivity index (χ3v) is 8.23. The Morgan fingerprint density at radius 1 is 0.973 bits per heavy atom. The zero-order valence-corrected chi connectivity index (χ0v) is 22.0. The van der Waals surface area contributed by atoms with E-state index in [-0.39, 0.29) is 16.9 Å². The first-order chi connectivity index (χ1) is 17.5. The van der Waals surface area contributed by atoms with E-state index in [9.17, 15) is 22.0 Å². The molecule has 0 spiro atoms. The second kappa shape index (κ2) is 10.8. The highest BCUT2D eigenvalue weighted by Crippen LogP contribution is 2.35. The van der Waals surface area contributed by atoms with Gasteiger partial charge in [-0.15, -0.1) is 11.3 Å². The summed E-state index contributed by atoms with van der Waals surface area (Å²) in [4.78, 5) is 19.6. The Kier molecular flexibility index (Phi) is 7.70. The smallest absolute Gasteiger partial charge is 0.329 e. The maximum atomic E-state index is 14.0. The van der Waals surface area contributed by atoms with E-state index in [2.05, 4.69) is 10.3 Å². The van der Waals surface area contributed by atoms with Gasteiger partial charge in [-0.25, -0.2) is 26.7 Å². The number of nitrogens with zero attached hydrogens (tertiary/aromatic N) is 1. The van der Waals surface area contributed by atoms with Crippen molar-refractivity contribution in [2.45, 2.75) is 38.1 Å². The number of amides is 2. The monoisotopic (exact) mass is 541 g/mol. The van der Waals surface area contributed by atoms with Gasteiger partial charge in [0.25, 0.3) is 10.0 Å². The van der Waals surface area contributed by atoms with Gasteiger partial charge >= 0.3 is 6.03 Å². The maximum Gasteiger partial charge on any atom is 0.329 e. The first-order valence-corrected chi connectivity index (χ1v) is 13.7. The average molecular weight is 542 g/mol. The van der Waals surface area contributed by atoms with Crippen LogP contribution in [-0.2, 0) is 16.4 Å². The van der Waals surface area contributed by atoms with Crippen molar-refractivity contribution < 1.29 is 22.0 Å². The molecule has 2 N–H and O–H groups in total. The highest BCUT2D eigenvalue weighted by Gasteiger charge is 2.25. The summed E-state index contributed by atoms with van der Waals surface area (Å²) in [6.07, 6.45) is 1.52. The number of benzene rings is 2. The van der Waals surface area contributed by atoms with Crippen molar-refractivity contribution >= 4 is 27.4 Å². The largest absolute Gasteiger partial charge is 0.329 e. The van der Waals surface area contributed by atoms with E-state index in [1.54, 1.807) is 48.7 Å². The molecule has 0 aliphatic heterocycles. The molecule has 1 unspecified atom stereocenters. The Labute approximate surface area is 218 Å². The molecule has 2 aromatic heterocycles. The zero-order valence-electron chi connectivity index (χ0n) is 20.4. The maximum absolute atomic E-state index is 14.0. The summed E-state index contributed by atoms with van der Waals surface area (Å²) in [5, 5.41) is 2.67. The molecule has 0 radical (unpaired) electrons. The number of hydrogen-bond donors (Lipinski definition) is 2. The second-order valence-electron chi connectivity index (χ2n) is 8.64. The molecule has 2 heterocycles. The van der Waals surface area contributed by atoms with Crippen LogP contribution in [0.15, 0.2) is 71.8 Å². The fourth-order valence-electron chi connectivity index (χ4n) is 4.22. The summed E-state index contributed by atoms with van der Waals surface area (Å²) in [7, 11) is -4.17. The minimum absolute atomic E-state index is 0.0291. The predicted octanol–water partition coefficient (Wildman–Crippen LogP) is 5.99. The van der Waals surface area contributed by atoms with Crippen LogP contribution in [0.4, 0.5) is 13.6 Å². The molecule has 2 amide bonds. The van der Waals surface area contributed by atoms with E-state index >= 15 is 0 Å². The van der Waals surface area contributed by atoms with Crippen molar-refractivity contribution in [2.24, 2.45) is 0 Å². The van der Waals surface area contributed by atoms with Gasteiger partial charge in [-0.1, -0.05) is 24.3 Å². The fourth-order valence-corrected chi connectivity index (χ4v) is 6.33. The highest BCUT2D eigenvalue weighted by molar-refractivity contribution is 7.90. The lowest BCUT2D eigenvalue weighted by Gasteiger charge is -2.22. The van der Waals surface area contributed by atoms with Crippen LogP contribution < -0.4 is 10.0 Å². The summed E-state index contributed by atoms with van der Waals surface area (Å²) < 4.78 is 55.7. The molecule has 192 valence electrons. The van der Waals surface area contributed by atoms with Crippen molar-refractivity contribution in [3.63, 3.8) is 0 Å². The van der Waals surface area contributed by atoms with Gasteiger partial charge in [0.2, 0.25) is 0 Å². The van der Waals surface area contributed by atoms with Crippen LogP contribution in [0.3, 0.4) is 0 Å². The van der Waals surface area contributed by atoms with Crippen molar-refractivity contribution in [1.29, 1.82) is 0 Å². The molecule has 37 heavy (non-hydrogen) atoms. The Morgan fingerprint density at radius 2 is 1.68 bits per heavy atom. The zero-order chi connectivity index (χ0) is 26.7. The molecule has 10 heteroatoms. The molecule has 0 aliphatic rings. The lowest BCUT2D eigenvalue weighted by atomic mass is 9.95. The SMILES string of the molecule is Cc1cc(-c2cccnc2C(Cc2cc(F)cc(F)c2)NC(=O)NS(=O)(=O)c2ccccc2C)c(C)s1. The van der Waals surface area contributed by atoms with E-state index in [4.69, 9.17) is 0 Å². The van der Waals surface area contributed by atoms with Gasteiger partial charge in [-0.2, -0.15) is 0 Å². The summed E-state index contributed by atoms with van der Waals surface area (Å²) in [6, 6.07) is 13.1. The number of hydrogen-bond acceptors (Lipinski definition) is 5. The number of halogens is 2. The highest BCUT2D eigenvalue weighted by atomic mass is 32.2. The van der Waals surface area contributed by atoms with E-state index < -0.39 is 33.7 Å². The topological polar surface area (TPSA) is 88.2 Å². The number of rotatable bonds is 7. The van der Waals surface area contributed by atoms with E-state index in [1.807, 2.05) is 30.7 Å². The molecular formula is C27H25F2N3O3S2. The van der Waals surface area contributed by atoms with E-state index in [0.29, 0.717) is 11.3 Å². The fraction of sp³-hybridized carbons (Fsp3) is 0.185. The summed E-state index contributed by atoms with van der Waals surface area (Å²) in [5.41, 5.74) is 2.84. The van der Waals surface area contributed by atoms with Crippen LogP contribution >= 0.6 is 11.3 Å². The third kappa shape index (κ3) is 6.20. The van der Waals surface area contributed by atoms with Crippen molar-refractivity contribution in [2.75, 3.05) is 0 Å². The van der Waals surface area contributed by atoms with Gasteiger partial charge < -0.3 is 5.32 Å². The molecule has 0 fully saturated rings. The Hall–Kier alpha value is -3.63. The quantitative estimate of drug-likeness (QED) is 0.301. The van der Waals surface area contributed by atoms with Crippen LogP contribution in [0, 0.1) is 32.4 Å². The third-order valence-electron chi connectivity index (χ3n) is 5.78. The number of urea groups is 1. The summed E-state index contributed by atoms with van der Waals surface area (Å²) in [5.74, 6) is -1.52. The Balaban J connectivity index is 1.72.